The maximum absolute atomic E-state index is 11.5. The molecule has 0 atom stereocenters. The molecular formula is C7H15N3O2S2. The lowest BCUT2D eigenvalue weighted by molar-refractivity contribution is 0.407. The van der Waals surface area contributed by atoms with Crippen LogP contribution in [-0.4, -0.2) is 37.3 Å². The van der Waals surface area contributed by atoms with E-state index in [4.69, 9.17) is 18.0 Å². The lowest BCUT2D eigenvalue weighted by Gasteiger charge is -2.20. The zero-order chi connectivity index (χ0) is 10.8. The molecule has 0 amide bonds. The molecule has 0 aromatic heterocycles. The number of nitrogens with zero attached hydrogens (tertiary/aromatic N) is 1. The van der Waals surface area contributed by atoms with E-state index in [9.17, 15) is 8.42 Å². The average Bonchev–Trinajstić information content (AvgIpc) is 2.87. The Morgan fingerprint density at radius 2 is 2.21 bits per heavy atom. The Kier molecular flexibility index (Phi) is 3.82. The molecular weight excluding hydrogens is 222 g/mol. The first kappa shape index (κ1) is 11.8. The van der Waals surface area contributed by atoms with Gasteiger partial charge in [-0.15, -0.1) is 0 Å². The average molecular weight is 237 g/mol. The second kappa shape index (κ2) is 4.52. The van der Waals surface area contributed by atoms with Crippen molar-refractivity contribution in [3.8, 4) is 0 Å². The van der Waals surface area contributed by atoms with Crippen LogP contribution in [0.25, 0.3) is 0 Å². The van der Waals surface area contributed by atoms with Crippen LogP contribution < -0.4 is 10.5 Å². The molecule has 1 saturated carbocycles. The van der Waals surface area contributed by atoms with Crippen LogP contribution >= 0.6 is 12.2 Å². The highest BCUT2D eigenvalue weighted by Gasteiger charge is 2.36. The normalized spacial score (nSPS) is 17.3. The molecule has 0 bridgehead atoms. The minimum atomic E-state index is -3.32. The fraction of sp³-hybridized carbons (Fsp3) is 0.857. The van der Waals surface area contributed by atoms with Crippen molar-refractivity contribution in [3.63, 3.8) is 0 Å². The summed E-state index contributed by atoms with van der Waals surface area (Å²) >= 11 is 4.72. The summed E-state index contributed by atoms with van der Waals surface area (Å²) in [5.74, 6) is 0. The lowest BCUT2D eigenvalue weighted by atomic mass is 10.4. The monoisotopic (exact) mass is 237 g/mol. The van der Waals surface area contributed by atoms with E-state index in [1.54, 1.807) is 0 Å². The van der Waals surface area contributed by atoms with Gasteiger partial charge in [0.25, 0.3) is 10.2 Å². The Balaban J connectivity index is 2.60. The summed E-state index contributed by atoms with van der Waals surface area (Å²) in [5.41, 5.74) is 5.34. The molecule has 0 aliphatic heterocycles. The van der Waals surface area contributed by atoms with Crippen LogP contribution in [0, 0.1) is 0 Å². The molecule has 1 aliphatic rings. The van der Waals surface area contributed by atoms with Crippen LogP contribution in [0.1, 0.15) is 19.3 Å². The van der Waals surface area contributed by atoms with Crippen molar-refractivity contribution < 1.29 is 8.42 Å². The number of thiocarbonyl (C=S) groups is 1. The Bertz CT molecular complexity index is 311. The number of hydrogen-bond acceptors (Lipinski definition) is 3. The molecule has 1 rings (SSSR count). The van der Waals surface area contributed by atoms with Crippen molar-refractivity contribution >= 4 is 27.4 Å². The first-order valence-corrected chi connectivity index (χ1v) is 6.31. The summed E-state index contributed by atoms with van der Waals surface area (Å²) in [7, 11) is -1.92. The van der Waals surface area contributed by atoms with Crippen molar-refractivity contribution in [1.29, 1.82) is 0 Å². The van der Waals surface area contributed by atoms with Crippen molar-refractivity contribution in [2.75, 3.05) is 13.6 Å². The highest BCUT2D eigenvalue weighted by Crippen LogP contribution is 2.28. The van der Waals surface area contributed by atoms with Crippen molar-refractivity contribution in [2.24, 2.45) is 5.73 Å². The minimum absolute atomic E-state index is 0.141. The van der Waals surface area contributed by atoms with Crippen LogP contribution in [0.2, 0.25) is 0 Å². The Labute approximate surface area is 89.8 Å². The van der Waals surface area contributed by atoms with Gasteiger partial charge in [0, 0.05) is 26.1 Å². The topological polar surface area (TPSA) is 75.4 Å². The third-order valence-electron chi connectivity index (χ3n) is 2.10. The van der Waals surface area contributed by atoms with E-state index >= 15 is 0 Å². The van der Waals surface area contributed by atoms with E-state index < -0.39 is 10.2 Å². The van der Waals surface area contributed by atoms with Crippen LogP contribution in [0.4, 0.5) is 0 Å². The minimum Gasteiger partial charge on any atom is -0.393 e. The predicted molar refractivity (Wildman–Crippen MR) is 59.1 cm³/mol. The van der Waals surface area contributed by atoms with Crippen LogP contribution in [0.3, 0.4) is 0 Å². The molecule has 0 spiro atoms. The van der Waals surface area contributed by atoms with E-state index in [1.807, 2.05) is 0 Å². The van der Waals surface area contributed by atoms with E-state index in [-0.39, 0.29) is 6.04 Å². The largest absolute Gasteiger partial charge is 0.393 e. The summed E-state index contributed by atoms with van der Waals surface area (Å²) in [6, 6.07) is 0.141. The van der Waals surface area contributed by atoms with Gasteiger partial charge in [0.05, 0.1) is 4.99 Å². The quantitative estimate of drug-likeness (QED) is 0.616. The number of hydrogen-bond donors (Lipinski definition) is 2. The molecule has 0 saturated heterocycles. The zero-order valence-electron chi connectivity index (χ0n) is 8.06. The fourth-order valence-corrected chi connectivity index (χ4v) is 2.46. The van der Waals surface area contributed by atoms with Crippen LogP contribution in [0.15, 0.2) is 0 Å². The summed E-state index contributed by atoms with van der Waals surface area (Å²) in [5, 5.41) is 0. The van der Waals surface area contributed by atoms with Crippen molar-refractivity contribution in [2.45, 2.75) is 25.3 Å². The third-order valence-corrected chi connectivity index (χ3v) is 3.92. The molecule has 7 heteroatoms. The summed E-state index contributed by atoms with van der Waals surface area (Å²) < 4.78 is 26.8. The van der Waals surface area contributed by atoms with Gasteiger partial charge in [-0.25, -0.2) is 4.72 Å². The third kappa shape index (κ3) is 3.16. The molecule has 1 fully saturated rings. The second-order valence-electron chi connectivity index (χ2n) is 3.27. The molecule has 5 nitrogen and oxygen atoms in total. The molecule has 0 aromatic rings. The van der Waals surface area contributed by atoms with E-state index in [0.29, 0.717) is 18.0 Å². The van der Waals surface area contributed by atoms with Crippen LogP contribution in [-0.2, 0) is 10.2 Å². The van der Waals surface area contributed by atoms with Gasteiger partial charge in [-0.05, 0) is 12.8 Å². The Morgan fingerprint density at radius 1 is 1.64 bits per heavy atom. The van der Waals surface area contributed by atoms with Crippen molar-refractivity contribution in [3.05, 3.63) is 0 Å². The standard InChI is InChI=1S/C7H15N3O2S2/c1-9-14(11,12)10(6-2-3-6)5-4-7(8)13/h6,9H,2-5H2,1H3,(H2,8,13). The Morgan fingerprint density at radius 3 is 2.57 bits per heavy atom. The molecule has 3 N–H and O–H groups in total. The molecule has 0 aromatic carbocycles. The summed E-state index contributed by atoms with van der Waals surface area (Å²) in [4.78, 5) is 0.349. The van der Waals surface area contributed by atoms with E-state index in [0.717, 1.165) is 12.8 Å². The first-order chi connectivity index (χ1) is 6.47. The maximum atomic E-state index is 11.5. The van der Waals surface area contributed by atoms with Crippen molar-refractivity contribution in [1.82, 2.24) is 9.03 Å². The molecule has 14 heavy (non-hydrogen) atoms. The number of rotatable bonds is 6. The fourth-order valence-electron chi connectivity index (χ4n) is 1.20. The lowest BCUT2D eigenvalue weighted by Crippen LogP contribution is -2.41. The summed E-state index contributed by atoms with van der Waals surface area (Å²) in [6.07, 6.45) is 2.29. The zero-order valence-corrected chi connectivity index (χ0v) is 9.70. The van der Waals surface area contributed by atoms with Gasteiger partial charge in [0.15, 0.2) is 0 Å². The molecule has 1 aliphatic carbocycles. The second-order valence-corrected chi connectivity index (χ2v) is 5.62. The van der Waals surface area contributed by atoms with E-state index in [2.05, 4.69) is 4.72 Å². The van der Waals surface area contributed by atoms with Gasteiger partial charge in [-0.3, -0.25) is 0 Å². The van der Waals surface area contributed by atoms with E-state index in [1.165, 1.54) is 11.4 Å². The van der Waals surface area contributed by atoms with Gasteiger partial charge >= 0.3 is 0 Å². The Hall–Kier alpha value is -0.240. The van der Waals surface area contributed by atoms with Crippen LogP contribution in [0.5, 0.6) is 0 Å². The van der Waals surface area contributed by atoms with Gasteiger partial charge < -0.3 is 5.73 Å². The molecule has 82 valence electrons. The highest BCUT2D eigenvalue weighted by molar-refractivity contribution is 7.87. The van der Waals surface area contributed by atoms with Gasteiger partial charge in [-0.2, -0.15) is 12.7 Å². The van der Waals surface area contributed by atoms with Gasteiger partial charge in [0.2, 0.25) is 0 Å². The molecule has 0 unspecified atom stereocenters. The smallest absolute Gasteiger partial charge is 0.279 e. The molecule has 0 radical (unpaired) electrons. The first-order valence-electron chi connectivity index (χ1n) is 4.46. The van der Waals surface area contributed by atoms with Gasteiger partial charge in [0.1, 0.15) is 0 Å². The number of nitrogens with one attached hydrogen (secondary N) is 1. The predicted octanol–water partition coefficient (Wildman–Crippen LogP) is -0.409. The molecule has 0 heterocycles. The number of nitrogens with two attached hydrogens (primary N) is 1. The highest BCUT2D eigenvalue weighted by atomic mass is 32.2. The summed E-state index contributed by atoms with van der Waals surface area (Å²) in [6.45, 7) is 0.378. The van der Waals surface area contributed by atoms with Gasteiger partial charge in [-0.1, -0.05) is 12.2 Å². The SMILES string of the molecule is CNS(=O)(=O)N(CCC(N)=S)C1CC1. The maximum Gasteiger partial charge on any atom is 0.279 e.